The number of piperazine rings is 1. The first kappa shape index (κ1) is 21.1. The molecular weight excluding hydrogens is 412 g/mol. The Balaban J connectivity index is 1.43. The molecular formula is C24H25ClN4O2. The predicted octanol–water partition coefficient (Wildman–Crippen LogP) is 4.29. The van der Waals surface area contributed by atoms with Crippen molar-refractivity contribution in [2.45, 2.75) is 20.5 Å². The second-order valence-electron chi connectivity index (χ2n) is 7.57. The number of amides is 1. The number of ether oxygens (including phenoxy) is 1. The molecule has 0 N–H and O–H groups in total. The second kappa shape index (κ2) is 9.35. The number of carbonyl (C=O) groups excluding carboxylic acids is 1. The van der Waals surface area contributed by atoms with E-state index in [0.717, 1.165) is 36.0 Å². The van der Waals surface area contributed by atoms with Gasteiger partial charge < -0.3 is 14.5 Å². The molecule has 0 unspecified atom stereocenters. The summed E-state index contributed by atoms with van der Waals surface area (Å²) in [5, 5.41) is 0.651. The minimum absolute atomic E-state index is 0.0237. The maximum Gasteiger partial charge on any atom is 0.257 e. The molecule has 1 aliphatic rings. The van der Waals surface area contributed by atoms with Gasteiger partial charge in [-0.25, -0.2) is 9.97 Å². The van der Waals surface area contributed by atoms with E-state index in [1.807, 2.05) is 73.3 Å². The summed E-state index contributed by atoms with van der Waals surface area (Å²) in [4.78, 5) is 26.2. The van der Waals surface area contributed by atoms with Crippen molar-refractivity contribution >= 4 is 23.3 Å². The number of rotatable bonds is 5. The van der Waals surface area contributed by atoms with E-state index in [-0.39, 0.29) is 5.91 Å². The van der Waals surface area contributed by atoms with Crippen LogP contribution in [0.2, 0.25) is 5.02 Å². The first-order valence-corrected chi connectivity index (χ1v) is 10.7. The molecule has 7 heteroatoms. The van der Waals surface area contributed by atoms with Crippen molar-refractivity contribution in [1.29, 1.82) is 0 Å². The molecule has 1 aliphatic heterocycles. The van der Waals surface area contributed by atoms with E-state index in [9.17, 15) is 4.79 Å². The molecule has 0 bridgehead atoms. The van der Waals surface area contributed by atoms with Crippen molar-refractivity contribution in [1.82, 2.24) is 14.9 Å². The third-order valence-corrected chi connectivity index (χ3v) is 5.67. The molecule has 0 radical (unpaired) electrons. The van der Waals surface area contributed by atoms with Gasteiger partial charge in [-0.1, -0.05) is 41.9 Å². The molecule has 6 nitrogen and oxygen atoms in total. The van der Waals surface area contributed by atoms with Crippen LogP contribution in [0.15, 0.2) is 54.6 Å². The van der Waals surface area contributed by atoms with Gasteiger partial charge in [0.05, 0.1) is 5.56 Å². The van der Waals surface area contributed by atoms with Crippen LogP contribution >= 0.6 is 11.6 Å². The van der Waals surface area contributed by atoms with Gasteiger partial charge in [-0.2, -0.15) is 0 Å². The Morgan fingerprint density at radius 2 is 1.71 bits per heavy atom. The summed E-state index contributed by atoms with van der Waals surface area (Å²) >= 11 is 6.23. The SMILES string of the molecule is Cc1cc(N2CCN(C(=O)c3ccccc3OCc3ccccc3Cl)CC2)nc(C)n1. The van der Waals surface area contributed by atoms with Crippen molar-refractivity contribution < 1.29 is 9.53 Å². The highest BCUT2D eigenvalue weighted by atomic mass is 35.5. The van der Waals surface area contributed by atoms with Crippen LogP contribution in [0.1, 0.15) is 27.4 Å². The lowest BCUT2D eigenvalue weighted by molar-refractivity contribution is 0.0741. The number of aromatic nitrogens is 2. The highest BCUT2D eigenvalue weighted by Crippen LogP contribution is 2.24. The van der Waals surface area contributed by atoms with E-state index in [4.69, 9.17) is 16.3 Å². The summed E-state index contributed by atoms with van der Waals surface area (Å²) in [6.07, 6.45) is 0. The van der Waals surface area contributed by atoms with Gasteiger partial charge in [-0.05, 0) is 32.0 Å². The van der Waals surface area contributed by atoms with E-state index in [1.54, 1.807) is 0 Å². The average molecular weight is 437 g/mol. The highest BCUT2D eigenvalue weighted by Gasteiger charge is 2.25. The van der Waals surface area contributed by atoms with Crippen molar-refractivity contribution in [3.8, 4) is 5.75 Å². The molecule has 160 valence electrons. The normalized spacial score (nSPS) is 13.9. The van der Waals surface area contributed by atoms with Crippen LogP contribution in [0.25, 0.3) is 0 Å². The molecule has 0 spiro atoms. The summed E-state index contributed by atoms with van der Waals surface area (Å²) in [7, 11) is 0. The number of hydrogen-bond donors (Lipinski definition) is 0. The fraction of sp³-hybridized carbons (Fsp3) is 0.292. The van der Waals surface area contributed by atoms with Gasteiger partial charge in [0, 0.05) is 48.5 Å². The zero-order chi connectivity index (χ0) is 21.8. The van der Waals surface area contributed by atoms with Gasteiger partial charge in [0.15, 0.2) is 0 Å². The Morgan fingerprint density at radius 1 is 1.00 bits per heavy atom. The van der Waals surface area contributed by atoms with Crippen LogP contribution in [0, 0.1) is 13.8 Å². The summed E-state index contributed by atoms with van der Waals surface area (Å²) in [6, 6.07) is 16.9. The maximum absolute atomic E-state index is 13.2. The van der Waals surface area contributed by atoms with Crippen LogP contribution in [0.3, 0.4) is 0 Å². The lowest BCUT2D eigenvalue weighted by Gasteiger charge is -2.35. The van der Waals surface area contributed by atoms with Crippen LogP contribution < -0.4 is 9.64 Å². The minimum Gasteiger partial charge on any atom is -0.488 e. The monoisotopic (exact) mass is 436 g/mol. The molecule has 2 heterocycles. The molecule has 0 saturated carbocycles. The fourth-order valence-corrected chi connectivity index (χ4v) is 3.90. The number of hydrogen-bond acceptors (Lipinski definition) is 5. The Hall–Kier alpha value is -3.12. The van der Waals surface area contributed by atoms with Crippen LogP contribution in [-0.2, 0) is 6.61 Å². The molecule has 0 aliphatic carbocycles. The molecule has 3 aromatic rings. The van der Waals surface area contributed by atoms with Crippen LogP contribution in [0.5, 0.6) is 5.75 Å². The number of carbonyl (C=O) groups is 1. The summed E-state index contributed by atoms with van der Waals surface area (Å²) in [6.45, 7) is 6.88. The molecule has 1 aromatic heterocycles. The first-order chi connectivity index (χ1) is 15.0. The van der Waals surface area contributed by atoms with E-state index in [0.29, 0.717) is 36.0 Å². The lowest BCUT2D eigenvalue weighted by atomic mass is 10.1. The lowest BCUT2D eigenvalue weighted by Crippen LogP contribution is -2.49. The summed E-state index contributed by atoms with van der Waals surface area (Å²) in [5.74, 6) is 2.22. The van der Waals surface area contributed by atoms with Crippen LogP contribution in [0.4, 0.5) is 5.82 Å². The third-order valence-electron chi connectivity index (χ3n) is 5.30. The summed E-state index contributed by atoms with van der Waals surface area (Å²) < 4.78 is 5.97. The van der Waals surface area contributed by atoms with Gasteiger partial charge in [0.2, 0.25) is 0 Å². The van der Waals surface area contributed by atoms with E-state index in [1.165, 1.54) is 0 Å². The molecule has 0 atom stereocenters. The molecule has 4 rings (SSSR count). The third kappa shape index (κ3) is 4.97. The number of para-hydroxylation sites is 1. The largest absolute Gasteiger partial charge is 0.488 e. The molecule has 2 aromatic carbocycles. The molecule has 31 heavy (non-hydrogen) atoms. The molecule has 1 saturated heterocycles. The van der Waals surface area contributed by atoms with Crippen molar-refractivity contribution in [3.63, 3.8) is 0 Å². The Labute approximate surface area is 187 Å². The zero-order valence-corrected chi connectivity index (χ0v) is 18.5. The van der Waals surface area contributed by atoms with E-state index >= 15 is 0 Å². The van der Waals surface area contributed by atoms with Gasteiger partial charge in [0.25, 0.3) is 5.91 Å². The minimum atomic E-state index is -0.0237. The smallest absolute Gasteiger partial charge is 0.257 e. The van der Waals surface area contributed by atoms with E-state index in [2.05, 4.69) is 14.9 Å². The topological polar surface area (TPSA) is 58.6 Å². The first-order valence-electron chi connectivity index (χ1n) is 10.3. The predicted molar refractivity (Wildman–Crippen MR) is 122 cm³/mol. The van der Waals surface area contributed by atoms with Gasteiger partial charge in [0.1, 0.15) is 24.0 Å². The number of aryl methyl sites for hydroxylation is 2. The Kier molecular flexibility index (Phi) is 6.37. The molecule has 1 fully saturated rings. The van der Waals surface area contributed by atoms with Crippen molar-refractivity contribution in [2.75, 3.05) is 31.1 Å². The van der Waals surface area contributed by atoms with Crippen LogP contribution in [-0.4, -0.2) is 47.0 Å². The zero-order valence-electron chi connectivity index (χ0n) is 17.7. The Bertz CT molecular complexity index is 1060. The average Bonchev–Trinajstić information content (AvgIpc) is 2.78. The van der Waals surface area contributed by atoms with Crippen molar-refractivity contribution in [3.05, 3.63) is 82.3 Å². The quantitative estimate of drug-likeness (QED) is 0.597. The maximum atomic E-state index is 13.2. The van der Waals surface area contributed by atoms with Gasteiger partial charge in [-0.15, -0.1) is 0 Å². The van der Waals surface area contributed by atoms with Crippen molar-refractivity contribution in [2.24, 2.45) is 0 Å². The Morgan fingerprint density at radius 3 is 2.45 bits per heavy atom. The second-order valence-corrected chi connectivity index (χ2v) is 7.98. The number of halogens is 1. The van der Waals surface area contributed by atoms with Gasteiger partial charge >= 0.3 is 0 Å². The highest BCUT2D eigenvalue weighted by molar-refractivity contribution is 6.31. The number of nitrogens with zero attached hydrogens (tertiary/aromatic N) is 4. The van der Waals surface area contributed by atoms with E-state index < -0.39 is 0 Å². The fourth-order valence-electron chi connectivity index (χ4n) is 3.71. The van der Waals surface area contributed by atoms with Gasteiger partial charge in [-0.3, -0.25) is 4.79 Å². The summed E-state index contributed by atoms with van der Waals surface area (Å²) in [5.41, 5.74) is 2.40. The standard InChI is InChI=1S/C24H25ClN4O2/c1-17-15-23(27-18(2)26-17)28-11-13-29(14-12-28)24(30)20-8-4-6-10-22(20)31-16-19-7-3-5-9-21(19)25/h3-10,15H,11-14,16H2,1-2H3. The number of benzene rings is 2. The number of anilines is 1. The molecule has 1 amide bonds.